The van der Waals surface area contributed by atoms with Crippen LogP contribution in [-0.2, 0) is 20.0 Å². The SMILES string of the molecule is C=CC#N.C=CC=C.C=Cc1ccccc1.[Cl][Ag]. The third kappa shape index (κ3) is 24.1. The van der Waals surface area contributed by atoms with Crippen molar-refractivity contribution in [2.24, 2.45) is 0 Å². The third-order valence-electron chi connectivity index (χ3n) is 1.29. The second kappa shape index (κ2) is 24.8. The first-order valence-corrected chi connectivity index (χ1v) is 6.70. The maximum atomic E-state index is 7.51. The summed E-state index contributed by atoms with van der Waals surface area (Å²) >= 11 is 2.42. The van der Waals surface area contributed by atoms with Gasteiger partial charge in [0.25, 0.3) is 0 Å². The molecule has 1 nitrogen and oxygen atoms in total. The molecule has 0 aliphatic rings. The average molecular weight is 355 g/mol. The summed E-state index contributed by atoms with van der Waals surface area (Å²) in [4.78, 5) is 0. The molecule has 0 bridgehead atoms. The Morgan fingerprint density at radius 3 is 1.56 bits per heavy atom. The van der Waals surface area contributed by atoms with Crippen LogP contribution < -0.4 is 0 Å². The van der Waals surface area contributed by atoms with Gasteiger partial charge in [0.15, 0.2) is 0 Å². The van der Waals surface area contributed by atoms with E-state index in [1.165, 1.54) is 11.6 Å². The van der Waals surface area contributed by atoms with Crippen molar-refractivity contribution in [3.63, 3.8) is 0 Å². The van der Waals surface area contributed by atoms with Gasteiger partial charge in [0.2, 0.25) is 0 Å². The normalized spacial score (nSPS) is 6.11. The molecule has 100 valence electrons. The van der Waals surface area contributed by atoms with Crippen LogP contribution in [-0.4, -0.2) is 0 Å². The zero-order valence-corrected chi connectivity index (χ0v) is 12.4. The van der Waals surface area contributed by atoms with Crippen molar-refractivity contribution >= 4 is 15.3 Å². The fourth-order valence-electron chi connectivity index (χ4n) is 0.589. The van der Waals surface area contributed by atoms with Gasteiger partial charge < -0.3 is 0 Å². The van der Waals surface area contributed by atoms with Gasteiger partial charge in [-0.1, -0.05) is 74.9 Å². The molecule has 0 atom stereocenters. The Bertz CT molecular complexity index is 347. The predicted octanol–water partition coefficient (Wildman–Crippen LogP) is 5.07. The van der Waals surface area contributed by atoms with Gasteiger partial charge in [0.1, 0.15) is 0 Å². The number of hydrogen-bond acceptors (Lipinski definition) is 1. The molecular weight excluding hydrogens is 337 g/mol. The Kier molecular flexibility index (Phi) is 30.2. The molecular formula is C15H17AgClN. The van der Waals surface area contributed by atoms with Gasteiger partial charge >= 0.3 is 29.2 Å². The first kappa shape index (κ1) is 21.9. The molecule has 3 heteroatoms. The fraction of sp³-hybridized carbons (Fsp3) is 0. The van der Waals surface area contributed by atoms with Crippen LogP contribution in [0, 0.1) is 11.3 Å². The van der Waals surface area contributed by atoms with Crippen LogP contribution in [0.25, 0.3) is 6.08 Å². The minimum absolute atomic E-state index is 1.17. The Labute approximate surface area is 127 Å². The van der Waals surface area contributed by atoms with Crippen molar-refractivity contribution in [2.75, 3.05) is 0 Å². The molecule has 0 aliphatic carbocycles. The predicted molar refractivity (Wildman–Crippen MR) is 78.6 cm³/mol. The van der Waals surface area contributed by atoms with Gasteiger partial charge in [0.05, 0.1) is 6.07 Å². The number of halogens is 1. The van der Waals surface area contributed by atoms with Crippen molar-refractivity contribution in [1.29, 1.82) is 5.26 Å². The van der Waals surface area contributed by atoms with Crippen LogP contribution in [0.4, 0.5) is 0 Å². The molecule has 0 spiro atoms. The quantitative estimate of drug-likeness (QED) is 0.413. The van der Waals surface area contributed by atoms with Crippen LogP contribution >= 0.6 is 9.19 Å². The van der Waals surface area contributed by atoms with E-state index >= 15 is 0 Å². The molecule has 0 unspecified atom stereocenters. The molecule has 0 aliphatic heterocycles. The second-order valence-corrected chi connectivity index (χ2v) is 2.42. The average Bonchev–Trinajstić information content (AvgIpc) is 2.50. The van der Waals surface area contributed by atoms with Gasteiger partial charge in [-0.25, -0.2) is 0 Å². The molecule has 0 fully saturated rings. The molecule has 18 heavy (non-hydrogen) atoms. The fourth-order valence-corrected chi connectivity index (χ4v) is 0.589. The van der Waals surface area contributed by atoms with E-state index < -0.39 is 0 Å². The monoisotopic (exact) mass is 353 g/mol. The van der Waals surface area contributed by atoms with Crippen molar-refractivity contribution < 1.29 is 20.0 Å². The van der Waals surface area contributed by atoms with E-state index in [0.29, 0.717) is 0 Å². The van der Waals surface area contributed by atoms with Crippen molar-refractivity contribution in [2.45, 2.75) is 0 Å². The van der Waals surface area contributed by atoms with E-state index in [0.717, 1.165) is 0 Å². The van der Waals surface area contributed by atoms with Crippen molar-refractivity contribution in [3.8, 4) is 6.07 Å². The van der Waals surface area contributed by atoms with Gasteiger partial charge in [-0.2, -0.15) is 5.26 Å². The summed E-state index contributed by atoms with van der Waals surface area (Å²) in [5.74, 6) is 0. The number of nitrogens with zero attached hydrogens (tertiary/aromatic N) is 1. The van der Waals surface area contributed by atoms with Crippen LogP contribution in [0.15, 0.2) is 74.9 Å². The van der Waals surface area contributed by atoms with Crippen molar-refractivity contribution in [3.05, 3.63) is 80.4 Å². The third-order valence-corrected chi connectivity index (χ3v) is 1.29. The number of hydrogen-bond donors (Lipinski definition) is 0. The summed E-state index contributed by atoms with van der Waals surface area (Å²) in [7, 11) is 4.45. The maximum absolute atomic E-state index is 7.51. The molecule has 0 saturated carbocycles. The Balaban J connectivity index is -0.000000194. The molecule has 0 heterocycles. The summed E-state index contributed by atoms with van der Waals surface area (Å²) in [6.45, 7) is 13.5. The van der Waals surface area contributed by atoms with Crippen molar-refractivity contribution in [1.82, 2.24) is 0 Å². The molecule has 0 N–H and O–H groups in total. The Hall–Kier alpha value is -1.30. The van der Waals surface area contributed by atoms with Crippen LogP contribution in [0.3, 0.4) is 0 Å². The van der Waals surface area contributed by atoms with Gasteiger partial charge in [-0.05, 0) is 5.56 Å². The number of rotatable bonds is 2. The van der Waals surface area contributed by atoms with Gasteiger partial charge in [-0.15, -0.1) is 0 Å². The minimum atomic E-state index is 1.17. The first-order chi connectivity index (χ1) is 8.76. The van der Waals surface area contributed by atoms with E-state index in [4.69, 9.17) is 5.26 Å². The van der Waals surface area contributed by atoms with E-state index in [-0.39, 0.29) is 0 Å². The molecule has 1 rings (SSSR count). The zero-order chi connectivity index (χ0) is 14.6. The topological polar surface area (TPSA) is 23.8 Å². The Morgan fingerprint density at radius 1 is 1.00 bits per heavy atom. The van der Waals surface area contributed by atoms with Gasteiger partial charge in [-0.3, -0.25) is 0 Å². The first-order valence-electron chi connectivity index (χ1n) is 4.79. The number of allylic oxidation sites excluding steroid dienone is 3. The second-order valence-electron chi connectivity index (χ2n) is 2.42. The van der Waals surface area contributed by atoms with Crippen LogP contribution in [0.1, 0.15) is 5.56 Å². The summed E-state index contributed by atoms with van der Waals surface area (Å²) < 4.78 is 0. The van der Waals surface area contributed by atoms with E-state index in [1.54, 1.807) is 18.2 Å². The molecule has 1 aromatic rings. The summed E-state index contributed by atoms with van der Waals surface area (Å²) in [6.07, 6.45) is 6.29. The van der Waals surface area contributed by atoms with Crippen LogP contribution in [0.2, 0.25) is 0 Å². The van der Waals surface area contributed by atoms with Gasteiger partial charge in [0, 0.05) is 6.08 Å². The summed E-state index contributed by atoms with van der Waals surface area (Å²) in [5, 5.41) is 7.51. The van der Waals surface area contributed by atoms with Crippen LogP contribution in [0.5, 0.6) is 0 Å². The van der Waals surface area contributed by atoms with E-state index in [9.17, 15) is 0 Å². The Morgan fingerprint density at radius 2 is 1.39 bits per heavy atom. The summed E-state index contributed by atoms with van der Waals surface area (Å²) in [5.41, 5.74) is 1.17. The van der Waals surface area contributed by atoms with E-state index in [1.807, 2.05) is 36.4 Å². The molecule has 1 aromatic carbocycles. The molecule has 0 radical (unpaired) electrons. The zero-order valence-electron chi connectivity index (χ0n) is 10.2. The molecule has 0 amide bonds. The van der Waals surface area contributed by atoms with E-state index in [2.05, 4.69) is 55.5 Å². The molecule has 0 saturated heterocycles. The standard InChI is InChI=1S/C8H8.C4H6.C3H3N.Ag.ClH/c1-2-8-6-4-3-5-7-8;1-3-4-2;1-2-3-4;;/h2-7H,1H2;3-4H,1-2H2;2H,1H2;;1H/q;;;+1;/p-1. The number of nitriles is 1. The number of benzene rings is 1. The summed E-state index contributed by atoms with van der Waals surface area (Å²) in [6, 6.07) is 11.7. The molecule has 0 aromatic heterocycles.